The number of benzene rings is 2. The standard InChI is InChI=1S/C20H19ClN4O2/c1-13-9-16(21)5-8-18(13)25-19(26)15-11-23-20(24-12-15)22-10-14-3-6-17(27-2)7-4-14/h3-9,11-12H,10H2,1-2H3,(H,25,26)(H,22,23,24). The first kappa shape index (κ1) is 18.7. The molecule has 0 saturated carbocycles. The smallest absolute Gasteiger partial charge is 0.258 e. The lowest BCUT2D eigenvalue weighted by Crippen LogP contribution is -2.14. The van der Waals surface area contributed by atoms with Gasteiger partial charge < -0.3 is 15.4 Å². The third kappa shape index (κ3) is 4.95. The summed E-state index contributed by atoms with van der Waals surface area (Å²) in [7, 11) is 1.63. The third-order valence-electron chi connectivity index (χ3n) is 3.96. The summed E-state index contributed by atoms with van der Waals surface area (Å²) in [6.07, 6.45) is 2.98. The van der Waals surface area contributed by atoms with Crippen LogP contribution in [0.25, 0.3) is 0 Å². The summed E-state index contributed by atoms with van der Waals surface area (Å²) < 4.78 is 5.13. The van der Waals surface area contributed by atoms with Crippen LogP contribution < -0.4 is 15.4 Å². The van der Waals surface area contributed by atoms with E-state index in [0.29, 0.717) is 28.8 Å². The van der Waals surface area contributed by atoms with Gasteiger partial charge in [-0.25, -0.2) is 9.97 Å². The second-order valence-electron chi connectivity index (χ2n) is 5.91. The summed E-state index contributed by atoms with van der Waals surface area (Å²) in [6, 6.07) is 13.0. The second-order valence-corrected chi connectivity index (χ2v) is 6.35. The van der Waals surface area contributed by atoms with Crippen LogP contribution in [0.3, 0.4) is 0 Å². The Bertz CT molecular complexity index is 928. The topological polar surface area (TPSA) is 76.1 Å². The molecule has 0 fully saturated rings. The van der Waals surface area contributed by atoms with Gasteiger partial charge in [0.05, 0.1) is 12.7 Å². The molecule has 0 aliphatic carbocycles. The molecule has 3 rings (SSSR count). The van der Waals surface area contributed by atoms with Crippen LogP contribution in [0, 0.1) is 6.92 Å². The Hall–Kier alpha value is -3.12. The molecule has 7 heteroatoms. The molecule has 0 radical (unpaired) electrons. The molecule has 1 amide bonds. The van der Waals surface area contributed by atoms with E-state index in [1.54, 1.807) is 25.3 Å². The Morgan fingerprint density at radius 1 is 1.11 bits per heavy atom. The minimum atomic E-state index is -0.276. The summed E-state index contributed by atoms with van der Waals surface area (Å²) in [5, 5.41) is 6.58. The Balaban J connectivity index is 1.59. The Morgan fingerprint density at radius 3 is 2.44 bits per heavy atom. The SMILES string of the molecule is COc1ccc(CNc2ncc(C(=O)Nc3ccc(Cl)cc3C)cn2)cc1. The Morgan fingerprint density at radius 2 is 1.81 bits per heavy atom. The quantitative estimate of drug-likeness (QED) is 0.664. The number of rotatable bonds is 6. The van der Waals surface area contributed by atoms with E-state index >= 15 is 0 Å². The van der Waals surface area contributed by atoms with Crippen LogP contribution >= 0.6 is 11.6 Å². The van der Waals surface area contributed by atoms with Gasteiger partial charge in [0.1, 0.15) is 5.75 Å². The van der Waals surface area contributed by atoms with Gasteiger partial charge in [-0.1, -0.05) is 23.7 Å². The van der Waals surface area contributed by atoms with Crippen molar-refractivity contribution in [1.29, 1.82) is 0 Å². The fourth-order valence-corrected chi connectivity index (χ4v) is 2.65. The normalized spacial score (nSPS) is 10.3. The van der Waals surface area contributed by atoms with Crippen molar-refractivity contribution in [1.82, 2.24) is 9.97 Å². The number of methoxy groups -OCH3 is 1. The van der Waals surface area contributed by atoms with E-state index in [0.717, 1.165) is 16.9 Å². The van der Waals surface area contributed by atoms with E-state index < -0.39 is 0 Å². The minimum absolute atomic E-state index is 0.276. The number of ether oxygens (including phenoxy) is 1. The average molecular weight is 383 g/mol. The van der Waals surface area contributed by atoms with Crippen LogP contribution in [0.4, 0.5) is 11.6 Å². The molecule has 1 aromatic heterocycles. The number of carbonyl (C=O) groups excluding carboxylic acids is 1. The third-order valence-corrected chi connectivity index (χ3v) is 4.20. The summed E-state index contributed by atoms with van der Waals surface area (Å²) in [4.78, 5) is 20.7. The van der Waals surface area contributed by atoms with E-state index in [4.69, 9.17) is 16.3 Å². The number of amides is 1. The van der Waals surface area contributed by atoms with Crippen LogP contribution in [0.2, 0.25) is 5.02 Å². The highest BCUT2D eigenvalue weighted by molar-refractivity contribution is 6.30. The van der Waals surface area contributed by atoms with Crippen molar-refractivity contribution in [3.05, 3.63) is 76.6 Å². The molecule has 0 spiro atoms. The molecule has 6 nitrogen and oxygen atoms in total. The van der Waals surface area contributed by atoms with Crippen molar-refractivity contribution in [3.8, 4) is 5.75 Å². The van der Waals surface area contributed by atoms with Crippen LogP contribution in [0.1, 0.15) is 21.5 Å². The van der Waals surface area contributed by atoms with Crippen LogP contribution in [-0.2, 0) is 6.54 Å². The number of carbonyl (C=O) groups is 1. The molecule has 1 heterocycles. The molecule has 0 bridgehead atoms. The van der Waals surface area contributed by atoms with E-state index in [9.17, 15) is 4.79 Å². The fourth-order valence-electron chi connectivity index (χ4n) is 2.42. The molecule has 0 saturated heterocycles. The average Bonchev–Trinajstić information content (AvgIpc) is 2.69. The van der Waals surface area contributed by atoms with Gasteiger partial charge in [0, 0.05) is 29.6 Å². The fraction of sp³-hybridized carbons (Fsp3) is 0.150. The molecule has 0 unspecified atom stereocenters. The summed E-state index contributed by atoms with van der Waals surface area (Å²) >= 11 is 5.93. The predicted molar refractivity (Wildman–Crippen MR) is 106 cm³/mol. The minimum Gasteiger partial charge on any atom is -0.497 e. The van der Waals surface area contributed by atoms with Gasteiger partial charge in [-0.15, -0.1) is 0 Å². The molecule has 0 atom stereocenters. The zero-order chi connectivity index (χ0) is 19.2. The second kappa shape index (κ2) is 8.51. The molecule has 138 valence electrons. The molecular formula is C20H19ClN4O2. The maximum absolute atomic E-state index is 12.3. The number of nitrogens with zero attached hydrogens (tertiary/aromatic N) is 2. The van der Waals surface area contributed by atoms with Crippen LogP contribution in [0.15, 0.2) is 54.9 Å². The number of aryl methyl sites for hydroxylation is 1. The summed E-state index contributed by atoms with van der Waals surface area (Å²) in [5.41, 5.74) is 3.03. The maximum Gasteiger partial charge on any atom is 0.258 e. The first-order valence-electron chi connectivity index (χ1n) is 8.31. The number of nitrogens with one attached hydrogen (secondary N) is 2. The first-order chi connectivity index (χ1) is 13.0. The van der Waals surface area contributed by atoms with Crippen molar-refractivity contribution in [2.75, 3.05) is 17.7 Å². The summed E-state index contributed by atoms with van der Waals surface area (Å²) in [6.45, 7) is 2.45. The number of hydrogen-bond donors (Lipinski definition) is 2. The van der Waals surface area contributed by atoms with E-state index in [1.807, 2.05) is 31.2 Å². The largest absolute Gasteiger partial charge is 0.497 e. The van der Waals surface area contributed by atoms with Gasteiger partial charge in [-0.3, -0.25) is 4.79 Å². The lowest BCUT2D eigenvalue weighted by Gasteiger charge is -2.09. The van der Waals surface area contributed by atoms with Crippen LogP contribution in [0.5, 0.6) is 5.75 Å². The molecule has 27 heavy (non-hydrogen) atoms. The number of anilines is 2. The zero-order valence-electron chi connectivity index (χ0n) is 15.0. The van der Waals surface area contributed by atoms with Crippen molar-refractivity contribution in [2.24, 2.45) is 0 Å². The molecule has 3 aromatic rings. The molecule has 2 N–H and O–H groups in total. The lowest BCUT2D eigenvalue weighted by atomic mass is 10.2. The van der Waals surface area contributed by atoms with Crippen molar-refractivity contribution >= 4 is 29.1 Å². The Labute approximate surface area is 162 Å². The highest BCUT2D eigenvalue weighted by Gasteiger charge is 2.09. The highest BCUT2D eigenvalue weighted by Crippen LogP contribution is 2.20. The van der Waals surface area contributed by atoms with Crippen molar-refractivity contribution in [3.63, 3.8) is 0 Å². The first-order valence-corrected chi connectivity index (χ1v) is 8.69. The van der Waals surface area contributed by atoms with Gasteiger partial charge >= 0.3 is 0 Å². The summed E-state index contributed by atoms with van der Waals surface area (Å²) in [5.74, 6) is 0.980. The zero-order valence-corrected chi connectivity index (χ0v) is 15.7. The molecule has 0 aliphatic rings. The predicted octanol–water partition coefficient (Wildman–Crippen LogP) is 4.31. The maximum atomic E-state index is 12.3. The van der Waals surface area contributed by atoms with E-state index in [2.05, 4.69) is 20.6 Å². The van der Waals surface area contributed by atoms with Gasteiger partial charge in [0.2, 0.25) is 5.95 Å². The Kier molecular flexibility index (Phi) is 5.88. The van der Waals surface area contributed by atoms with Gasteiger partial charge in [-0.05, 0) is 48.4 Å². The van der Waals surface area contributed by atoms with E-state index in [1.165, 1.54) is 12.4 Å². The lowest BCUT2D eigenvalue weighted by molar-refractivity contribution is 0.102. The molecule has 2 aromatic carbocycles. The number of hydrogen-bond acceptors (Lipinski definition) is 5. The van der Waals surface area contributed by atoms with Crippen molar-refractivity contribution < 1.29 is 9.53 Å². The molecular weight excluding hydrogens is 364 g/mol. The monoisotopic (exact) mass is 382 g/mol. The van der Waals surface area contributed by atoms with E-state index in [-0.39, 0.29) is 5.91 Å². The van der Waals surface area contributed by atoms with Crippen LogP contribution in [-0.4, -0.2) is 23.0 Å². The number of halogens is 1. The number of aromatic nitrogens is 2. The van der Waals surface area contributed by atoms with Gasteiger partial charge in [0.25, 0.3) is 5.91 Å². The highest BCUT2D eigenvalue weighted by atomic mass is 35.5. The van der Waals surface area contributed by atoms with Crippen molar-refractivity contribution in [2.45, 2.75) is 13.5 Å². The van der Waals surface area contributed by atoms with Gasteiger partial charge in [-0.2, -0.15) is 0 Å². The molecule has 0 aliphatic heterocycles. The van der Waals surface area contributed by atoms with Gasteiger partial charge in [0.15, 0.2) is 0 Å².